The van der Waals surface area contributed by atoms with Gasteiger partial charge in [-0.3, -0.25) is 0 Å². The van der Waals surface area contributed by atoms with Crippen LogP contribution in [0.25, 0.3) is 0 Å². The first-order chi connectivity index (χ1) is 14.3. The van der Waals surface area contributed by atoms with Crippen LogP contribution >= 0.6 is 0 Å². The molecule has 10 nitrogen and oxygen atoms in total. The molecule has 2 aromatic rings. The Morgan fingerprint density at radius 1 is 1.30 bits per heavy atom. The molecular formula is C19H24N6O4S. The van der Waals surface area contributed by atoms with Crippen molar-refractivity contribution in [2.75, 3.05) is 17.2 Å². The van der Waals surface area contributed by atoms with E-state index in [0.29, 0.717) is 23.1 Å². The standard InChI is InChI=1S/C19H24N6O4S/c1-2-29-17(26)12-21-16-11-22-19(25-18(16)23-13-5-3-4-6-13)24-14-7-9-15(10-8-14)30(20,27)28/h7-13H,2-6H2,1H3,(H2,20,27,28)(H2,22,23,24,25). The molecule has 1 aromatic heterocycles. The van der Waals surface area contributed by atoms with Gasteiger partial charge in [0.2, 0.25) is 16.0 Å². The molecule has 0 radical (unpaired) electrons. The molecule has 1 heterocycles. The van der Waals surface area contributed by atoms with Crippen molar-refractivity contribution >= 4 is 45.3 Å². The molecule has 160 valence electrons. The zero-order chi connectivity index (χ0) is 21.6. The number of nitrogens with zero attached hydrogens (tertiary/aromatic N) is 3. The highest BCUT2D eigenvalue weighted by Crippen LogP contribution is 2.28. The van der Waals surface area contributed by atoms with Crippen LogP contribution in [-0.2, 0) is 19.6 Å². The summed E-state index contributed by atoms with van der Waals surface area (Å²) >= 11 is 0. The van der Waals surface area contributed by atoms with Gasteiger partial charge in [0.1, 0.15) is 11.9 Å². The Kier molecular flexibility index (Phi) is 6.95. The van der Waals surface area contributed by atoms with E-state index in [4.69, 9.17) is 9.88 Å². The lowest BCUT2D eigenvalue weighted by atomic mass is 10.2. The van der Waals surface area contributed by atoms with Crippen molar-refractivity contribution < 1.29 is 17.9 Å². The SMILES string of the molecule is CCOC(=O)C=Nc1cnc(Nc2ccc(S(N)(=O)=O)cc2)nc1NC1CCCC1. The van der Waals surface area contributed by atoms with Gasteiger partial charge in [0, 0.05) is 11.7 Å². The number of aromatic nitrogens is 2. The number of nitrogens with one attached hydrogen (secondary N) is 2. The Balaban J connectivity index is 1.81. The van der Waals surface area contributed by atoms with E-state index in [1.165, 1.54) is 18.3 Å². The van der Waals surface area contributed by atoms with Crippen LogP contribution in [0.5, 0.6) is 0 Å². The van der Waals surface area contributed by atoms with Crippen LogP contribution in [0.3, 0.4) is 0 Å². The lowest BCUT2D eigenvalue weighted by Gasteiger charge is -2.15. The maximum absolute atomic E-state index is 11.6. The van der Waals surface area contributed by atoms with E-state index in [0.717, 1.165) is 31.9 Å². The van der Waals surface area contributed by atoms with E-state index in [9.17, 15) is 13.2 Å². The number of carbonyl (C=O) groups is 1. The van der Waals surface area contributed by atoms with Gasteiger partial charge in [0.05, 0.1) is 17.7 Å². The lowest BCUT2D eigenvalue weighted by Crippen LogP contribution is -2.16. The summed E-state index contributed by atoms with van der Waals surface area (Å²) in [6, 6.07) is 6.21. The van der Waals surface area contributed by atoms with Gasteiger partial charge in [0.15, 0.2) is 5.82 Å². The van der Waals surface area contributed by atoms with E-state index in [2.05, 4.69) is 25.6 Å². The third-order valence-corrected chi connectivity index (χ3v) is 5.43. The number of rotatable bonds is 8. The van der Waals surface area contributed by atoms with E-state index in [1.54, 1.807) is 19.1 Å². The van der Waals surface area contributed by atoms with Crippen LogP contribution in [0.4, 0.5) is 23.1 Å². The molecule has 0 atom stereocenters. The van der Waals surface area contributed by atoms with Crippen molar-refractivity contribution in [3.8, 4) is 0 Å². The highest BCUT2D eigenvalue weighted by molar-refractivity contribution is 7.89. The summed E-state index contributed by atoms with van der Waals surface area (Å²) in [6.07, 6.45) is 6.95. The molecule has 0 spiro atoms. The van der Waals surface area contributed by atoms with Crippen LogP contribution < -0.4 is 15.8 Å². The molecule has 0 unspecified atom stereocenters. The largest absolute Gasteiger partial charge is 0.462 e. The van der Waals surface area contributed by atoms with E-state index < -0.39 is 16.0 Å². The molecule has 0 aliphatic heterocycles. The van der Waals surface area contributed by atoms with Gasteiger partial charge in [-0.15, -0.1) is 0 Å². The van der Waals surface area contributed by atoms with Crippen LogP contribution in [0.1, 0.15) is 32.6 Å². The van der Waals surface area contributed by atoms with Crippen molar-refractivity contribution in [1.29, 1.82) is 0 Å². The molecule has 0 bridgehead atoms. The average molecular weight is 433 g/mol. The summed E-state index contributed by atoms with van der Waals surface area (Å²) in [5, 5.41) is 11.5. The monoisotopic (exact) mass is 432 g/mol. The highest BCUT2D eigenvalue weighted by Gasteiger charge is 2.18. The molecule has 30 heavy (non-hydrogen) atoms. The third kappa shape index (κ3) is 5.97. The number of ether oxygens (including phenoxy) is 1. The minimum atomic E-state index is -3.76. The number of benzene rings is 1. The van der Waals surface area contributed by atoms with Gasteiger partial charge < -0.3 is 15.4 Å². The molecule has 1 fully saturated rings. The summed E-state index contributed by atoms with van der Waals surface area (Å²) in [7, 11) is -3.76. The van der Waals surface area contributed by atoms with Gasteiger partial charge in [-0.05, 0) is 44.0 Å². The number of primary sulfonamides is 1. The second kappa shape index (κ2) is 9.63. The quantitative estimate of drug-likeness (QED) is 0.425. The van der Waals surface area contributed by atoms with Gasteiger partial charge >= 0.3 is 5.97 Å². The average Bonchev–Trinajstić information content (AvgIpc) is 3.20. The molecule has 4 N–H and O–H groups in total. The van der Waals surface area contributed by atoms with Crippen LogP contribution in [0, 0.1) is 0 Å². The Hall–Kier alpha value is -3.05. The second-order valence-corrected chi connectivity index (χ2v) is 8.32. The molecule has 0 amide bonds. The van der Waals surface area contributed by atoms with Crippen LogP contribution in [0.15, 0.2) is 40.4 Å². The van der Waals surface area contributed by atoms with Gasteiger partial charge in [-0.1, -0.05) is 12.8 Å². The molecule has 0 saturated heterocycles. The summed E-state index contributed by atoms with van der Waals surface area (Å²) in [5.41, 5.74) is 1.02. The number of sulfonamides is 1. The van der Waals surface area contributed by atoms with Gasteiger partial charge in [0.25, 0.3) is 0 Å². The topological polar surface area (TPSA) is 149 Å². The lowest BCUT2D eigenvalue weighted by molar-refractivity contribution is -0.134. The highest BCUT2D eigenvalue weighted by atomic mass is 32.2. The molecule has 11 heteroatoms. The van der Waals surface area contributed by atoms with E-state index in [1.807, 2.05) is 0 Å². The maximum Gasteiger partial charge on any atom is 0.349 e. The normalized spacial score (nSPS) is 14.7. The fourth-order valence-electron chi connectivity index (χ4n) is 3.06. The molecule has 1 aliphatic rings. The van der Waals surface area contributed by atoms with Crippen molar-refractivity contribution in [1.82, 2.24) is 9.97 Å². The smallest absolute Gasteiger partial charge is 0.349 e. The van der Waals surface area contributed by atoms with E-state index >= 15 is 0 Å². The predicted molar refractivity (Wildman–Crippen MR) is 114 cm³/mol. The molecule has 1 aromatic carbocycles. The van der Waals surface area contributed by atoms with Gasteiger partial charge in [-0.2, -0.15) is 4.98 Å². The van der Waals surface area contributed by atoms with Crippen molar-refractivity contribution in [3.05, 3.63) is 30.5 Å². The Bertz CT molecular complexity index is 1020. The minimum absolute atomic E-state index is 0.0150. The first-order valence-corrected chi connectivity index (χ1v) is 11.1. The first-order valence-electron chi connectivity index (χ1n) is 9.59. The molecular weight excluding hydrogens is 408 g/mol. The Labute approximate surface area is 175 Å². The summed E-state index contributed by atoms with van der Waals surface area (Å²) in [5.74, 6) is 0.261. The maximum atomic E-state index is 11.6. The first kappa shape index (κ1) is 21.7. The Morgan fingerprint density at radius 3 is 2.63 bits per heavy atom. The van der Waals surface area contributed by atoms with Crippen LogP contribution in [-0.4, -0.2) is 43.2 Å². The van der Waals surface area contributed by atoms with Crippen LogP contribution in [0.2, 0.25) is 0 Å². The Morgan fingerprint density at radius 2 is 2.00 bits per heavy atom. The molecule has 1 saturated carbocycles. The number of anilines is 3. The molecule has 1 aliphatic carbocycles. The van der Waals surface area contributed by atoms with E-state index in [-0.39, 0.29) is 17.5 Å². The predicted octanol–water partition coefficient (Wildman–Crippen LogP) is 2.49. The number of esters is 1. The summed E-state index contributed by atoms with van der Waals surface area (Å²) in [4.78, 5) is 24.5. The zero-order valence-corrected chi connectivity index (χ0v) is 17.4. The number of hydrogen-bond donors (Lipinski definition) is 3. The molecule has 3 rings (SSSR count). The summed E-state index contributed by atoms with van der Waals surface area (Å²) in [6.45, 7) is 1.99. The number of nitrogens with two attached hydrogens (primary N) is 1. The third-order valence-electron chi connectivity index (χ3n) is 4.50. The van der Waals surface area contributed by atoms with Crippen molar-refractivity contribution in [2.45, 2.75) is 43.5 Å². The number of aliphatic imine (C=N–C) groups is 1. The fourth-order valence-corrected chi connectivity index (χ4v) is 3.57. The fraction of sp³-hybridized carbons (Fsp3) is 0.368. The number of hydrogen-bond acceptors (Lipinski definition) is 9. The zero-order valence-electron chi connectivity index (χ0n) is 16.5. The second-order valence-electron chi connectivity index (χ2n) is 6.76. The number of carbonyl (C=O) groups excluding carboxylic acids is 1. The van der Waals surface area contributed by atoms with Crippen molar-refractivity contribution in [3.63, 3.8) is 0 Å². The van der Waals surface area contributed by atoms with Gasteiger partial charge in [-0.25, -0.2) is 28.3 Å². The minimum Gasteiger partial charge on any atom is -0.462 e. The van der Waals surface area contributed by atoms with Crippen molar-refractivity contribution in [2.24, 2.45) is 10.1 Å². The summed E-state index contributed by atoms with van der Waals surface area (Å²) < 4.78 is 27.6.